The van der Waals surface area contributed by atoms with Crippen LogP contribution in [0.1, 0.15) is 25.5 Å². The summed E-state index contributed by atoms with van der Waals surface area (Å²) in [7, 11) is 0. The molecule has 2 heterocycles. The van der Waals surface area contributed by atoms with E-state index in [0.29, 0.717) is 0 Å². The molecule has 16 heavy (non-hydrogen) atoms. The van der Waals surface area contributed by atoms with Crippen LogP contribution in [0.3, 0.4) is 0 Å². The van der Waals surface area contributed by atoms with Crippen molar-refractivity contribution >= 4 is 11.8 Å². The third-order valence-corrected chi connectivity index (χ3v) is 4.39. The molecule has 2 nitrogen and oxygen atoms in total. The molecule has 3 heteroatoms. The van der Waals surface area contributed by atoms with E-state index in [9.17, 15) is 0 Å². The number of hydrogen-bond donors (Lipinski definition) is 1. The minimum absolute atomic E-state index is 0.909. The largest absolute Gasteiger partial charge is 0.351 e. The van der Waals surface area contributed by atoms with Crippen LogP contribution >= 0.6 is 11.8 Å². The Morgan fingerprint density at radius 2 is 2.25 bits per heavy atom. The lowest BCUT2D eigenvalue weighted by Crippen LogP contribution is -2.26. The maximum atomic E-state index is 3.60. The molecule has 1 aromatic rings. The van der Waals surface area contributed by atoms with Gasteiger partial charge in [-0.2, -0.15) is 11.8 Å². The Labute approximate surface area is 103 Å². The second-order valence-corrected chi connectivity index (χ2v) is 5.70. The van der Waals surface area contributed by atoms with E-state index in [1.165, 1.54) is 36.6 Å². The molecule has 0 saturated carbocycles. The van der Waals surface area contributed by atoms with E-state index >= 15 is 0 Å². The summed E-state index contributed by atoms with van der Waals surface area (Å²) in [5, 5.41) is 3.60. The SMILES string of the molecule is CCn1cccc1CNCC1CCSCC1. The van der Waals surface area contributed by atoms with Crippen molar-refractivity contribution in [3.8, 4) is 0 Å². The number of nitrogens with zero attached hydrogens (tertiary/aromatic N) is 1. The Balaban J connectivity index is 1.71. The third-order valence-electron chi connectivity index (χ3n) is 3.34. The fourth-order valence-electron chi connectivity index (χ4n) is 2.27. The van der Waals surface area contributed by atoms with Crippen molar-refractivity contribution in [1.29, 1.82) is 0 Å². The van der Waals surface area contributed by atoms with Crippen molar-refractivity contribution in [2.24, 2.45) is 5.92 Å². The zero-order valence-corrected chi connectivity index (χ0v) is 10.9. The molecule has 1 aliphatic rings. The van der Waals surface area contributed by atoms with E-state index in [4.69, 9.17) is 0 Å². The third kappa shape index (κ3) is 3.29. The molecule has 0 atom stereocenters. The normalized spacial score (nSPS) is 17.8. The van der Waals surface area contributed by atoms with Gasteiger partial charge in [0.2, 0.25) is 0 Å². The van der Waals surface area contributed by atoms with E-state index in [0.717, 1.165) is 19.0 Å². The topological polar surface area (TPSA) is 17.0 Å². The summed E-state index contributed by atoms with van der Waals surface area (Å²) in [6.07, 6.45) is 4.95. The van der Waals surface area contributed by atoms with Crippen LogP contribution in [-0.4, -0.2) is 22.6 Å². The first kappa shape index (κ1) is 12.1. The lowest BCUT2D eigenvalue weighted by Gasteiger charge is -2.21. The second-order valence-electron chi connectivity index (χ2n) is 4.47. The average Bonchev–Trinajstić information content (AvgIpc) is 2.78. The fourth-order valence-corrected chi connectivity index (χ4v) is 3.48. The van der Waals surface area contributed by atoms with Crippen LogP contribution < -0.4 is 5.32 Å². The highest BCUT2D eigenvalue weighted by Crippen LogP contribution is 2.21. The standard InChI is InChI=1S/C13H22N2S/c1-2-15-7-3-4-13(15)11-14-10-12-5-8-16-9-6-12/h3-4,7,12,14H,2,5-6,8-11H2,1H3. The monoisotopic (exact) mass is 238 g/mol. The first-order valence-electron chi connectivity index (χ1n) is 6.32. The Morgan fingerprint density at radius 3 is 3.00 bits per heavy atom. The molecular formula is C13H22N2S. The molecule has 0 aliphatic carbocycles. The molecule has 0 bridgehead atoms. The molecular weight excluding hydrogens is 216 g/mol. The Hall–Kier alpha value is -0.410. The molecule has 2 rings (SSSR count). The van der Waals surface area contributed by atoms with Crippen molar-refractivity contribution in [2.75, 3.05) is 18.1 Å². The maximum absolute atomic E-state index is 3.60. The van der Waals surface area contributed by atoms with E-state index < -0.39 is 0 Å². The van der Waals surface area contributed by atoms with Crippen LogP contribution in [0.2, 0.25) is 0 Å². The Kier molecular flexibility index (Phi) is 4.79. The van der Waals surface area contributed by atoms with Crippen LogP contribution in [0.4, 0.5) is 0 Å². The molecule has 1 fully saturated rings. The van der Waals surface area contributed by atoms with E-state index in [1.54, 1.807) is 0 Å². The number of hydrogen-bond acceptors (Lipinski definition) is 2. The molecule has 1 aromatic heterocycles. The lowest BCUT2D eigenvalue weighted by molar-refractivity contribution is 0.443. The van der Waals surface area contributed by atoms with Gasteiger partial charge in [-0.05, 0) is 55.9 Å². The quantitative estimate of drug-likeness (QED) is 0.849. The number of nitrogens with one attached hydrogen (secondary N) is 1. The Morgan fingerprint density at radius 1 is 1.44 bits per heavy atom. The summed E-state index contributed by atoms with van der Waals surface area (Å²) in [5.41, 5.74) is 1.41. The summed E-state index contributed by atoms with van der Waals surface area (Å²) < 4.78 is 2.31. The molecule has 0 unspecified atom stereocenters. The van der Waals surface area contributed by atoms with Crippen LogP contribution in [0, 0.1) is 5.92 Å². The van der Waals surface area contributed by atoms with E-state index in [1.807, 2.05) is 0 Å². The van der Waals surface area contributed by atoms with Crippen molar-refractivity contribution in [3.63, 3.8) is 0 Å². The van der Waals surface area contributed by atoms with Gasteiger partial charge in [-0.15, -0.1) is 0 Å². The first-order chi connectivity index (χ1) is 7.90. The zero-order chi connectivity index (χ0) is 11.2. The smallest absolute Gasteiger partial charge is 0.0359 e. The minimum Gasteiger partial charge on any atom is -0.351 e. The van der Waals surface area contributed by atoms with Crippen LogP contribution in [0.5, 0.6) is 0 Å². The van der Waals surface area contributed by atoms with Gasteiger partial charge < -0.3 is 9.88 Å². The van der Waals surface area contributed by atoms with Crippen molar-refractivity contribution in [2.45, 2.75) is 32.9 Å². The van der Waals surface area contributed by atoms with Gasteiger partial charge in [-0.3, -0.25) is 0 Å². The maximum Gasteiger partial charge on any atom is 0.0359 e. The molecule has 0 amide bonds. The highest BCUT2D eigenvalue weighted by molar-refractivity contribution is 7.99. The van der Waals surface area contributed by atoms with Crippen molar-refractivity contribution in [3.05, 3.63) is 24.0 Å². The van der Waals surface area contributed by atoms with Gasteiger partial charge in [-0.25, -0.2) is 0 Å². The van der Waals surface area contributed by atoms with Gasteiger partial charge in [0.1, 0.15) is 0 Å². The summed E-state index contributed by atoms with van der Waals surface area (Å²) in [5.74, 6) is 3.63. The van der Waals surface area contributed by atoms with Gasteiger partial charge in [0, 0.05) is 25.0 Å². The minimum atomic E-state index is 0.909. The van der Waals surface area contributed by atoms with Crippen LogP contribution in [0.25, 0.3) is 0 Å². The summed E-state index contributed by atoms with van der Waals surface area (Å²) in [6, 6.07) is 4.35. The molecule has 0 aromatic carbocycles. The number of rotatable bonds is 5. The molecule has 0 spiro atoms. The summed E-state index contributed by atoms with van der Waals surface area (Å²) in [4.78, 5) is 0. The lowest BCUT2D eigenvalue weighted by atomic mass is 10.0. The van der Waals surface area contributed by atoms with E-state index in [2.05, 4.69) is 46.9 Å². The van der Waals surface area contributed by atoms with Crippen LogP contribution in [0.15, 0.2) is 18.3 Å². The fraction of sp³-hybridized carbons (Fsp3) is 0.692. The average molecular weight is 238 g/mol. The first-order valence-corrected chi connectivity index (χ1v) is 7.48. The van der Waals surface area contributed by atoms with Gasteiger partial charge in [0.05, 0.1) is 0 Å². The predicted octanol–water partition coefficient (Wildman–Crippen LogP) is 2.74. The van der Waals surface area contributed by atoms with Crippen LogP contribution in [-0.2, 0) is 13.1 Å². The molecule has 1 saturated heterocycles. The molecule has 1 aliphatic heterocycles. The number of aryl methyl sites for hydroxylation is 1. The van der Waals surface area contributed by atoms with Crippen molar-refractivity contribution < 1.29 is 0 Å². The zero-order valence-electron chi connectivity index (χ0n) is 10.1. The van der Waals surface area contributed by atoms with Gasteiger partial charge in [0.25, 0.3) is 0 Å². The van der Waals surface area contributed by atoms with Gasteiger partial charge >= 0.3 is 0 Å². The van der Waals surface area contributed by atoms with Crippen molar-refractivity contribution in [1.82, 2.24) is 9.88 Å². The molecule has 90 valence electrons. The van der Waals surface area contributed by atoms with E-state index in [-0.39, 0.29) is 0 Å². The van der Waals surface area contributed by atoms with Gasteiger partial charge in [0.15, 0.2) is 0 Å². The molecule has 1 N–H and O–H groups in total. The Bertz CT molecular complexity index is 303. The number of thioether (sulfide) groups is 1. The highest BCUT2D eigenvalue weighted by Gasteiger charge is 2.12. The summed E-state index contributed by atoms with van der Waals surface area (Å²) in [6.45, 7) is 5.48. The predicted molar refractivity (Wildman–Crippen MR) is 71.9 cm³/mol. The molecule has 0 radical (unpaired) electrons. The van der Waals surface area contributed by atoms with Gasteiger partial charge in [-0.1, -0.05) is 0 Å². The number of aromatic nitrogens is 1. The summed E-state index contributed by atoms with van der Waals surface area (Å²) >= 11 is 2.10. The second kappa shape index (κ2) is 6.36. The highest BCUT2D eigenvalue weighted by atomic mass is 32.2.